The summed E-state index contributed by atoms with van der Waals surface area (Å²) in [7, 11) is 0. The van der Waals surface area contributed by atoms with E-state index in [0.29, 0.717) is 12.1 Å². The fourth-order valence-electron chi connectivity index (χ4n) is 1.95. The lowest BCUT2D eigenvalue weighted by atomic mass is 10.1. The predicted octanol–water partition coefficient (Wildman–Crippen LogP) is 2.42. The number of hydrogen-bond acceptors (Lipinski definition) is 3. The summed E-state index contributed by atoms with van der Waals surface area (Å²) >= 11 is 1.71. The van der Waals surface area contributed by atoms with Gasteiger partial charge in [0.25, 0.3) is 5.91 Å². The van der Waals surface area contributed by atoms with E-state index < -0.39 is 0 Å². The molecular formula is C17H18N2OS. The molecule has 0 aliphatic heterocycles. The van der Waals surface area contributed by atoms with Crippen molar-refractivity contribution in [3.8, 4) is 11.8 Å². The summed E-state index contributed by atoms with van der Waals surface area (Å²) in [6, 6.07) is 11.5. The van der Waals surface area contributed by atoms with Crippen LogP contribution in [0.1, 0.15) is 27.7 Å². The highest BCUT2D eigenvalue weighted by atomic mass is 32.1. The molecule has 3 N–H and O–H groups in total. The van der Waals surface area contributed by atoms with Crippen molar-refractivity contribution in [3.05, 3.63) is 57.8 Å². The quantitative estimate of drug-likeness (QED) is 0.852. The topological polar surface area (TPSA) is 55.1 Å². The zero-order chi connectivity index (χ0) is 15.1. The first-order valence-electron chi connectivity index (χ1n) is 6.81. The maximum absolute atomic E-state index is 12.1. The average molecular weight is 298 g/mol. The molecule has 0 bridgehead atoms. The van der Waals surface area contributed by atoms with Crippen LogP contribution in [0, 0.1) is 11.8 Å². The van der Waals surface area contributed by atoms with Gasteiger partial charge in [0.2, 0.25) is 0 Å². The summed E-state index contributed by atoms with van der Waals surface area (Å²) < 4.78 is 0. The predicted molar refractivity (Wildman–Crippen MR) is 87.3 cm³/mol. The molecule has 4 heteroatoms. The van der Waals surface area contributed by atoms with Gasteiger partial charge in [-0.15, -0.1) is 11.3 Å². The van der Waals surface area contributed by atoms with Crippen LogP contribution in [0.2, 0.25) is 0 Å². The molecule has 0 aliphatic carbocycles. The number of thiophene rings is 1. The Morgan fingerprint density at radius 2 is 2.10 bits per heavy atom. The van der Waals surface area contributed by atoms with Gasteiger partial charge < -0.3 is 11.1 Å². The van der Waals surface area contributed by atoms with Crippen LogP contribution >= 0.6 is 11.3 Å². The van der Waals surface area contributed by atoms with E-state index in [-0.39, 0.29) is 11.9 Å². The lowest BCUT2D eigenvalue weighted by Crippen LogP contribution is -2.33. The molecule has 3 nitrogen and oxygen atoms in total. The molecule has 21 heavy (non-hydrogen) atoms. The van der Waals surface area contributed by atoms with Crippen LogP contribution in [0.5, 0.6) is 0 Å². The first-order chi connectivity index (χ1) is 10.2. The van der Waals surface area contributed by atoms with Crippen LogP contribution in [0.4, 0.5) is 0 Å². The second-order valence-corrected chi connectivity index (χ2v) is 5.77. The Hall–Kier alpha value is -2.09. The summed E-state index contributed by atoms with van der Waals surface area (Å²) in [5.74, 6) is 5.67. The third-order valence-electron chi connectivity index (χ3n) is 2.95. The van der Waals surface area contributed by atoms with Gasteiger partial charge >= 0.3 is 0 Å². The molecule has 1 heterocycles. The van der Waals surface area contributed by atoms with Gasteiger partial charge in [0.1, 0.15) is 0 Å². The van der Waals surface area contributed by atoms with Gasteiger partial charge in [-0.05, 0) is 42.6 Å². The molecule has 2 aromatic rings. The van der Waals surface area contributed by atoms with Crippen LogP contribution < -0.4 is 11.1 Å². The Balaban J connectivity index is 1.93. The van der Waals surface area contributed by atoms with Crippen molar-refractivity contribution in [1.82, 2.24) is 5.32 Å². The van der Waals surface area contributed by atoms with E-state index in [9.17, 15) is 4.79 Å². The third kappa shape index (κ3) is 4.75. The number of nitrogens with one attached hydrogen (secondary N) is 1. The minimum absolute atomic E-state index is 0.0580. The largest absolute Gasteiger partial charge is 0.349 e. The lowest BCUT2D eigenvalue weighted by molar-refractivity contribution is 0.0940. The molecule has 0 fully saturated rings. The van der Waals surface area contributed by atoms with Crippen molar-refractivity contribution >= 4 is 17.2 Å². The van der Waals surface area contributed by atoms with Crippen LogP contribution in [0.15, 0.2) is 41.8 Å². The Bertz CT molecular complexity index is 636. The van der Waals surface area contributed by atoms with Crippen LogP contribution in [-0.4, -0.2) is 18.5 Å². The monoisotopic (exact) mass is 298 g/mol. The van der Waals surface area contributed by atoms with E-state index in [4.69, 9.17) is 5.73 Å². The van der Waals surface area contributed by atoms with Gasteiger partial charge in [-0.2, -0.15) is 0 Å². The third-order valence-corrected chi connectivity index (χ3v) is 3.85. The minimum Gasteiger partial charge on any atom is -0.349 e. The molecule has 1 aromatic heterocycles. The van der Waals surface area contributed by atoms with Crippen molar-refractivity contribution in [1.29, 1.82) is 0 Å². The van der Waals surface area contributed by atoms with E-state index in [2.05, 4.69) is 23.2 Å². The SMILES string of the molecule is CC(Cc1cccs1)NC(=O)c1ccc(C#CCN)cc1. The Kier molecular flexibility index (Phi) is 5.56. The molecule has 0 radical (unpaired) electrons. The average Bonchev–Trinajstić information content (AvgIpc) is 2.98. The van der Waals surface area contributed by atoms with Gasteiger partial charge in [0.15, 0.2) is 0 Å². The first-order valence-corrected chi connectivity index (χ1v) is 7.69. The standard InChI is InChI=1S/C17H18N2OS/c1-13(12-16-5-3-11-21-16)19-17(20)15-8-6-14(7-9-15)4-2-10-18/h3,5-9,11,13H,10,12,18H2,1H3,(H,19,20). The number of benzene rings is 1. The highest BCUT2D eigenvalue weighted by Gasteiger charge is 2.10. The zero-order valence-electron chi connectivity index (χ0n) is 11.9. The number of carbonyl (C=O) groups is 1. The summed E-state index contributed by atoms with van der Waals surface area (Å²) in [4.78, 5) is 13.4. The highest BCUT2D eigenvalue weighted by molar-refractivity contribution is 7.09. The molecule has 1 unspecified atom stereocenters. The van der Waals surface area contributed by atoms with Crippen molar-refractivity contribution in [2.75, 3.05) is 6.54 Å². The molecule has 1 aromatic carbocycles. The maximum Gasteiger partial charge on any atom is 0.251 e. The lowest BCUT2D eigenvalue weighted by Gasteiger charge is -2.13. The second kappa shape index (κ2) is 7.63. The molecule has 0 aliphatic rings. The molecular weight excluding hydrogens is 280 g/mol. The van der Waals surface area contributed by atoms with Crippen molar-refractivity contribution in [2.24, 2.45) is 5.73 Å². The van der Waals surface area contributed by atoms with Gasteiger partial charge in [-0.1, -0.05) is 17.9 Å². The summed E-state index contributed by atoms with van der Waals surface area (Å²) in [5, 5.41) is 5.06. The minimum atomic E-state index is -0.0580. The zero-order valence-corrected chi connectivity index (χ0v) is 12.7. The number of rotatable bonds is 4. The van der Waals surface area contributed by atoms with E-state index in [0.717, 1.165) is 12.0 Å². The Morgan fingerprint density at radius 1 is 1.33 bits per heavy atom. The van der Waals surface area contributed by atoms with Crippen LogP contribution in [0.3, 0.4) is 0 Å². The second-order valence-electron chi connectivity index (χ2n) is 4.74. The van der Waals surface area contributed by atoms with Crippen LogP contribution in [-0.2, 0) is 6.42 Å². The van der Waals surface area contributed by atoms with Crippen molar-refractivity contribution in [3.63, 3.8) is 0 Å². The molecule has 0 saturated carbocycles. The number of carbonyl (C=O) groups excluding carboxylic acids is 1. The Labute approximate surface area is 129 Å². The number of hydrogen-bond donors (Lipinski definition) is 2. The molecule has 108 valence electrons. The van der Waals surface area contributed by atoms with E-state index in [1.807, 2.05) is 30.5 Å². The van der Waals surface area contributed by atoms with Crippen LogP contribution in [0.25, 0.3) is 0 Å². The smallest absolute Gasteiger partial charge is 0.251 e. The fraction of sp³-hybridized carbons (Fsp3) is 0.235. The Morgan fingerprint density at radius 3 is 2.71 bits per heavy atom. The number of amides is 1. The molecule has 2 rings (SSSR count). The molecule has 0 spiro atoms. The highest BCUT2D eigenvalue weighted by Crippen LogP contribution is 2.11. The molecule has 0 saturated heterocycles. The molecule has 1 atom stereocenters. The maximum atomic E-state index is 12.1. The first kappa shape index (κ1) is 15.3. The summed E-state index contributed by atoms with van der Waals surface area (Å²) in [6.45, 7) is 2.35. The van der Waals surface area contributed by atoms with Crippen molar-refractivity contribution < 1.29 is 4.79 Å². The summed E-state index contributed by atoms with van der Waals surface area (Å²) in [5.41, 5.74) is 6.84. The van der Waals surface area contributed by atoms with Gasteiger partial charge in [-0.25, -0.2) is 0 Å². The van der Waals surface area contributed by atoms with E-state index in [1.54, 1.807) is 23.5 Å². The molecule has 1 amide bonds. The van der Waals surface area contributed by atoms with Crippen molar-refractivity contribution in [2.45, 2.75) is 19.4 Å². The van der Waals surface area contributed by atoms with Gasteiger partial charge in [0.05, 0.1) is 6.54 Å². The van der Waals surface area contributed by atoms with E-state index >= 15 is 0 Å². The number of nitrogens with two attached hydrogens (primary N) is 1. The normalized spacial score (nSPS) is 11.3. The summed E-state index contributed by atoms with van der Waals surface area (Å²) in [6.07, 6.45) is 0.851. The van der Waals surface area contributed by atoms with Gasteiger partial charge in [-0.3, -0.25) is 4.79 Å². The van der Waals surface area contributed by atoms with E-state index in [1.165, 1.54) is 4.88 Å². The fourth-order valence-corrected chi connectivity index (χ4v) is 2.78. The van der Waals surface area contributed by atoms with Gasteiger partial charge in [0, 0.05) is 28.5 Å².